The highest BCUT2D eigenvalue weighted by molar-refractivity contribution is 5.87. The summed E-state index contributed by atoms with van der Waals surface area (Å²) in [6, 6.07) is 0.0707. The summed E-state index contributed by atoms with van der Waals surface area (Å²) in [5, 5.41) is 0. The number of amides is 1. The fraction of sp³-hybridized carbons (Fsp3) is 0.357. The number of nitrogens with zero attached hydrogens (tertiary/aromatic N) is 1. The van der Waals surface area contributed by atoms with Gasteiger partial charge in [-0.1, -0.05) is 24.7 Å². The van der Waals surface area contributed by atoms with Crippen molar-refractivity contribution in [3.63, 3.8) is 0 Å². The molecule has 0 aromatic heterocycles. The van der Waals surface area contributed by atoms with Gasteiger partial charge in [-0.25, -0.2) is 0 Å². The van der Waals surface area contributed by atoms with E-state index in [1.807, 2.05) is 0 Å². The minimum absolute atomic E-state index is 0.0707. The van der Waals surface area contributed by atoms with Crippen molar-refractivity contribution in [3.8, 4) is 11.8 Å². The number of hydrogen-bond donors (Lipinski definition) is 0. The van der Waals surface area contributed by atoms with Crippen LogP contribution in [0.25, 0.3) is 0 Å². The van der Waals surface area contributed by atoms with Crippen molar-refractivity contribution in [2.75, 3.05) is 6.54 Å². The van der Waals surface area contributed by atoms with Crippen LogP contribution in [0.3, 0.4) is 0 Å². The first kappa shape index (κ1) is 14.2. The molecule has 0 unspecified atom stereocenters. The van der Waals surface area contributed by atoms with E-state index in [1.165, 1.54) is 6.08 Å². The maximum Gasteiger partial charge on any atom is 0.247 e. The van der Waals surface area contributed by atoms with Crippen LogP contribution >= 0.6 is 0 Å². The number of hydrogen-bond acceptors (Lipinski definition) is 1. The molecule has 0 atom stereocenters. The average Bonchev–Trinajstić information content (AvgIpc) is 2.29. The van der Waals surface area contributed by atoms with Gasteiger partial charge in [0.15, 0.2) is 0 Å². The second-order valence-corrected chi connectivity index (χ2v) is 3.30. The van der Waals surface area contributed by atoms with Crippen molar-refractivity contribution in [2.45, 2.75) is 25.8 Å². The molecular weight excluding hydrogens is 198 g/mol. The lowest BCUT2D eigenvalue weighted by atomic mass is 10.1. The summed E-state index contributed by atoms with van der Waals surface area (Å²) in [5.74, 6) is 5.59. The van der Waals surface area contributed by atoms with Crippen molar-refractivity contribution in [3.05, 3.63) is 38.0 Å². The van der Waals surface area contributed by atoms with Gasteiger partial charge in [-0.3, -0.25) is 4.79 Å². The third-order valence-electron chi connectivity index (χ3n) is 2.20. The van der Waals surface area contributed by atoms with E-state index < -0.39 is 0 Å². The standard InChI is InChI=1S/C14H19NO/c1-5-9-12-15(14(16)8-4)13(10-6-2)11-7-3/h6-8,13H,2-4,10-12H2,1H3. The van der Waals surface area contributed by atoms with Gasteiger partial charge < -0.3 is 4.90 Å². The van der Waals surface area contributed by atoms with Crippen LogP contribution in [0.1, 0.15) is 19.8 Å². The predicted octanol–water partition coefficient (Wildman–Crippen LogP) is 2.55. The average molecular weight is 217 g/mol. The lowest BCUT2D eigenvalue weighted by Crippen LogP contribution is -2.39. The van der Waals surface area contributed by atoms with Gasteiger partial charge in [0.2, 0.25) is 5.91 Å². The van der Waals surface area contributed by atoms with Crippen LogP contribution in [0.15, 0.2) is 38.0 Å². The van der Waals surface area contributed by atoms with Gasteiger partial charge in [0.25, 0.3) is 0 Å². The maximum atomic E-state index is 11.7. The maximum absolute atomic E-state index is 11.7. The van der Waals surface area contributed by atoms with E-state index in [0.29, 0.717) is 6.54 Å². The van der Waals surface area contributed by atoms with Gasteiger partial charge in [-0.15, -0.1) is 19.1 Å². The molecule has 0 spiro atoms. The zero-order chi connectivity index (χ0) is 12.4. The zero-order valence-electron chi connectivity index (χ0n) is 9.91. The van der Waals surface area contributed by atoms with Crippen LogP contribution in [-0.4, -0.2) is 23.4 Å². The highest BCUT2D eigenvalue weighted by Gasteiger charge is 2.18. The van der Waals surface area contributed by atoms with Crippen molar-refractivity contribution in [1.82, 2.24) is 4.90 Å². The van der Waals surface area contributed by atoms with Crippen LogP contribution in [0, 0.1) is 11.8 Å². The number of rotatable bonds is 7. The van der Waals surface area contributed by atoms with Gasteiger partial charge in [0.05, 0.1) is 6.54 Å². The summed E-state index contributed by atoms with van der Waals surface area (Å²) in [5.41, 5.74) is 0. The largest absolute Gasteiger partial charge is 0.324 e. The Balaban J connectivity index is 4.81. The summed E-state index contributed by atoms with van der Waals surface area (Å²) in [6.45, 7) is 13.1. The summed E-state index contributed by atoms with van der Waals surface area (Å²) in [4.78, 5) is 13.4. The highest BCUT2D eigenvalue weighted by Crippen LogP contribution is 2.10. The summed E-state index contributed by atoms with van der Waals surface area (Å²) in [7, 11) is 0. The van der Waals surface area contributed by atoms with E-state index in [9.17, 15) is 4.79 Å². The molecule has 0 saturated carbocycles. The number of carbonyl (C=O) groups is 1. The van der Waals surface area contributed by atoms with Crippen LogP contribution in [0.2, 0.25) is 0 Å². The third kappa shape index (κ3) is 4.65. The Kier molecular flexibility index (Phi) is 7.61. The van der Waals surface area contributed by atoms with E-state index >= 15 is 0 Å². The predicted molar refractivity (Wildman–Crippen MR) is 68.8 cm³/mol. The Morgan fingerprint density at radius 2 is 1.88 bits per heavy atom. The molecule has 0 aromatic rings. The molecule has 0 aromatic carbocycles. The minimum atomic E-state index is -0.101. The first-order valence-corrected chi connectivity index (χ1v) is 5.25. The summed E-state index contributed by atoms with van der Waals surface area (Å²) in [6.07, 6.45) is 6.39. The monoisotopic (exact) mass is 217 g/mol. The summed E-state index contributed by atoms with van der Waals surface area (Å²) >= 11 is 0. The molecule has 0 aliphatic carbocycles. The lowest BCUT2D eigenvalue weighted by molar-refractivity contribution is -0.127. The molecule has 0 radical (unpaired) electrons. The Morgan fingerprint density at radius 1 is 1.31 bits per heavy atom. The molecule has 0 heterocycles. The molecule has 0 aliphatic rings. The fourth-order valence-electron chi connectivity index (χ4n) is 1.40. The van der Waals surface area contributed by atoms with E-state index in [0.717, 1.165) is 12.8 Å². The van der Waals surface area contributed by atoms with Crippen LogP contribution in [0.4, 0.5) is 0 Å². The fourth-order valence-corrected chi connectivity index (χ4v) is 1.40. The van der Waals surface area contributed by atoms with Gasteiger partial charge >= 0.3 is 0 Å². The van der Waals surface area contributed by atoms with Crippen molar-refractivity contribution in [1.29, 1.82) is 0 Å². The third-order valence-corrected chi connectivity index (χ3v) is 2.20. The van der Waals surface area contributed by atoms with E-state index in [2.05, 4.69) is 31.6 Å². The molecule has 2 nitrogen and oxygen atoms in total. The molecule has 0 bridgehead atoms. The van der Waals surface area contributed by atoms with Gasteiger partial charge in [0, 0.05) is 6.04 Å². The van der Waals surface area contributed by atoms with Gasteiger partial charge in [-0.05, 0) is 25.8 Å². The molecule has 2 heteroatoms. The van der Waals surface area contributed by atoms with Gasteiger partial charge in [0.1, 0.15) is 0 Å². The van der Waals surface area contributed by atoms with E-state index in [1.54, 1.807) is 24.0 Å². The van der Waals surface area contributed by atoms with Crippen molar-refractivity contribution in [2.24, 2.45) is 0 Å². The molecular formula is C14H19NO. The van der Waals surface area contributed by atoms with E-state index in [4.69, 9.17) is 0 Å². The smallest absolute Gasteiger partial charge is 0.247 e. The quantitative estimate of drug-likeness (QED) is 0.364. The van der Waals surface area contributed by atoms with Crippen molar-refractivity contribution >= 4 is 5.91 Å². The Morgan fingerprint density at radius 3 is 2.25 bits per heavy atom. The lowest BCUT2D eigenvalue weighted by Gasteiger charge is -2.27. The zero-order valence-corrected chi connectivity index (χ0v) is 9.91. The molecule has 86 valence electrons. The Hall–Kier alpha value is -1.75. The molecule has 0 N–H and O–H groups in total. The molecule has 0 saturated heterocycles. The highest BCUT2D eigenvalue weighted by atomic mass is 16.2. The first-order chi connectivity index (χ1) is 7.71. The molecule has 0 aliphatic heterocycles. The second kappa shape index (κ2) is 8.55. The summed E-state index contributed by atoms with van der Waals surface area (Å²) < 4.78 is 0. The topological polar surface area (TPSA) is 20.3 Å². The SMILES string of the molecule is C=CCC(CC=C)N(CC#CC)C(=O)C=C. The Bertz CT molecular complexity index is 309. The first-order valence-electron chi connectivity index (χ1n) is 5.25. The van der Waals surface area contributed by atoms with Crippen LogP contribution in [-0.2, 0) is 4.79 Å². The molecule has 16 heavy (non-hydrogen) atoms. The normalized spacial score (nSPS) is 8.88. The molecule has 0 rings (SSSR count). The second-order valence-electron chi connectivity index (χ2n) is 3.30. The van der Waals surface area contributed by atoms with E-state index in [-0.39, 0.29) is 11.9 Å². The Labute approximate surface area is 98.3 Å². The van der Waals surface area contributed by atoms with Crippen LogP contribution in [0.5, 0.6) is 0 Å². The van der Waals surface area contributed by atoms with Gasteiger partial charge in [-0.2, -0.15) is 0 Å². The van der Waals surface area contributed by atoms with Crippen LogP contribution < -0.4 is 0 Å². The molecule has 0 fully saturated rings. The van der Waals surface area contributed by atoms with Crippen molar-refractivity contribution < 1.29 is 4.79 Å². The molecule has 1 amide bonds. The minimum Gasteiger partial charge on any atom is -0.324 e. The number of carbonyl (C=O) groups excluding carboxylic acids is 1.